The first-order valence-electron chi connectivity index (χ1n) is 1.52. The molecule has 0 spiro atoms. The molecular formula is C3H9N3O. The molecule has 42 valence electrons. The van der Waals surface area contributed by atoms with Gasteiger partial charge in [0.1, 0.15) is 0 Å². The van der Waals surface area contributed by atoms with Gasteiger partial charge in [-0.25, -0.2) is 0 Å². The van der Waals surface area contributed by atoms with E-state index in [0.717, 1.165) is 6.08 Å². The van der Waals surface area contributed by atoms with Gasteiger partial charge in [0.15, 0.2) is 0 Å². The largest absolute Gasteiger partial charge is 0.366 e. The summed E-state index contributed by atoms with van der Waals surface area (Å²) in [4.78, 5) is 9.47. The Morgan fingerprint density at radius 1 is 1.57 bits per heavy atom. The molecule has 0 aromatic carbocycles. The second-order valence-electron chi connectivity index (χ2n) is 0.606. The molecule has 1 amide bonds. The highest BCUT2D eigenvalue weighted by Gasteiger charge is 1.69. The smallest absolute Gasteiger partial charge is 0.240 e. The van der Waals surface area contributed by atoms with Crippen molar-refractivity contribution in [2.24, 2.45) is 17.4 Å². The highest BCUT2D eigenvalue weighted by Crippen LogP contribution is 1.48. The average molecular weight is 103 g/mol. The third-order valence-corrected chi connectivity index (χ3v) is 0.201. The van der Waals surface area contributed by atoms with E-state index in [4.69, 9.17) is 0 Å². The Balaban J connectivity index is 0. The summed E-state index contributed by atoms with van der Waals surface area (Å²) in [5, 5.41) is 0. The first kappa shape index (κ1) is 9.46. The van der Waals surface area contributed by atoms with Crippen molar-refractivity contribution < 1.29 is 4.79 Å². The van der Waals surface area contributed by atoms with Gasteiger partial charge in [0, 0.05) is 0 Å². The Morgan fingerprint density at radius 3 is 1.71 bits per heavy atom. The lowest BCUT2D eigenvalue weighted by molar-refractivity contribution is -0.113. The van der Waals surface area contributed by atoms with Crippen molar-refractivity contribution >= 4 is 5.91 Å². The molecule has 0 saturated carbocycles. The molecule has 0 fully saturated rings. The van der Waals surface area contributed by atoms with E-state index < -0.39 is 5.91 Å². The summed E-state index contributed by atoms with van der Waals surface area (Å²) < 4.78 is 0. The maximum absolute atomic E-state index is 9.47. The lowest BCUT2D eigenvalue weighted by Gasteiger charge is -1.65. The fourth-order valence-corrected chi connectivity index (χ4v) is 0. The van der Waals surface area contributed by atoms with Crippen LogP contribution in [0.1, 0.15) is 0 Å². The second kappa shape index (κ2) is 8.93. The molecule has 7 heavy (non-hydrogen) atoms. The molecule has 0 unspecified atom stereocenters. The number of amides is 1. The minimum absolute atomic E-state index is 0.481. The van der Waals surface area contributed by atoms with Crippen LogP contribution in [-0.2, 0) is 4.79 Å². The Hall–Kier alpha value is -0.870. The average Bonchev–Trinajstić information content (AvgIpc) is 1.73. The van der Waals surface area contributed by atoms with E-state index >= 15 is 0 Å². The van der Waals surface area contributed by atoms with Crippen molar-refractivity contribution in [3.8, 4) is 0 Å². The molecule has 4 heteroatoms. The molecule has 0 saturated heterocycles. The predicted octanol–water partition coefficient (Wildman–Crippen LogP) is -1.52. The molecule has 0 rings (SSSR count). The van der Waals surface area contributed by atoms with Crippen LogP contribution in [0.5, 0.6) is 0 Å². The number of primary amides is 1. The molecule has 0 heterocycles. The monoisotopic (exact) mass is 103 g/mol. The Kier molecular flexibility index (Phi) is 12.1. The van der Waals surface area contributed by atoms with E-state index in [2.05, 4.69) is 24.0 Å². The Labute approximate surface area is 41.9 Å². The van der Waals surface area contributed by atoms with Crippen molar-refractivity contribution in [3.63, 3.8) is 0 Å². The summed E-state index contributed by atoms with van der Waals surface area (Å²) in [6.07, 6.45) is 1.06. The number of carbonyl (C=O) groups excluding carboxylic acids is 1. The molecule has 0 bridgehead atoms. The highest BCUT2D eigenvalue weighted by atomic mass is 16.1. The lowest BCUT2D eigenvalue weighted by Crippen LogP contribution is -2.04. The van der Waals surface area contributed by atoms with Gasteiger partial charge in [0.25, 0.3) is 0 Å². The molecule has 4 nitrogen and oxygen atoms in total. The first-order chi connectivity index (χ1) is 3.27. The zero-order valence-corrected chi connectivity index (χ0v) is 3.92. The minimum atomic E-state index is -0.481. The zero-order valence-electron chi connectivity index (χ0n) is 3.92. The summed E-state index contributed by atoms with van der Waals surface area (Å²) in [6.45, 7) is 3.09. The summed E-state index contributed by atoms with van der Waals surface area (Å²) >= 11 is 0. The van der Waals surface area contributed by atoms with Crippen LogP contribution in [-0.4, -0.2) is 5.91 Å². The van der Waals surface area contributed by atoms with Crippen LogP contribution in [0, 0.1) is 0 Å². The van der Waals surface area contributed by atoms with Gasteiger partial charge in [-0.3, -0.25) is 16.5 Å². The molecule has 6 N–H and O–H groups in total. The fourth-order valence-electron chi connectivity index (χ4n) is 0. The summed E-state index contributed by atoms with van der Waals surface area (Å²) in [6, 6.07) is 0. The molecule has 0 aliphatic heterocycles. The van der Waals surface area contributed by atoms with E-state index in [1.54, 1.807) is 0 Å². The number of hydrogen-bond donors (Lipinski definition) is 3. The van der Waals surface area contributed by atoms with Crippen molar-refractivity contribution in [2.45, 2.75) is 0 Å². The van der Waals surface area contributed by atoms with Gasteiger partial charge in [0.05, 0.1) is 0 Å². The van der Waals surface area contributed by atoms with E-state index in [0.29, 0.717) is 0 Å². The van der Waals surface area contributed by atoms with Gasteiger partial charge in [-0.2, -0.15) is 0 Å². The molecular weight excluding hydrogens is 94.1 g/mol. The molecule has 0 aromatic heterocycles. The molecule has 0 radical (unpaired) electrons. The van der Waals surface area contributed by atoms with Gasteiger partial charge >= 0.3 is 0 Å². The van der Waals surface area contributed by atoms with Crippen molar-refractivity contribution in [1.82, 2.24) is 0 Å². The summed E-state index contributed by atoms with van der Waals surface area (Å²) in [7, 11) is 0. The van der Waals surface area contributed by atoms with Crippen molar-refractivity contribution in [2.75, 3.05) is 0 Å². The standard InChI is InChI=1S/C3H5NO.H4N2/c1-2-3(4)5;1-2/h2H,1H2,(H2,4,5);1-2H2. The highest BCUT2D eigenvalue weighted by molar-refractivity contribution is 5.84. The second-order valence-corrected chi connectivity index (χ2v) is 0.606. The number of nitrogens with two attached hydrogens (primary N) is 3. The van der Waals surface area contributed by atoms with E-state index in [-0.39, 0.29) is 0 Å². The van der Waals surface area contributed by atoms with Crippen LogP contribution in [0.25, 0.3) is 0 Å². The zero-order chi connectivity index (χ0) is 6.28. The topological polar surface area (TPSA) is 95.1 Å². The molecule has 0 aliphatic carbocycles. The SMILES string of the molecule is C=CC(N)=O.NN. The van der Waals surface area contributed by atoms with Crippen LogP contribution in [0.3, 0.4) is 0 Å². The maximum atomic E-state index is 9.47. The molecule has 0 aliphatic rings. The van der Waals surface area contributed by atoms with Crippen molar-refractivity contribution in [3.05, 3.63) is 12.7 Å². The molecule has 0 atom stereocenters. The maximum Gasteiger partial charge on any atom is 0.240 e. The third-order valence-electron chi connectivity index (χ3n) is 0.201. The van der Waals surface area contributed by atoms with Gasteiger partial charge in [-0.05, 0) is 6.08 Å². The fraction of sp³-hybridized carbons (Fsp3) is 0. The summed E-state index contributed by atoms with van der Waals surface area (Å²) in [5.41, 5.74) is 4.53. The predicted molar refractivity (Wildman–Crippen MR) is 27.8 cm³/mol. The van der Waals surface area contributed by atoms with Crippen LogP contribution < -0.4 is 17.4 Å². The van der Waals surface area contributed by atoms with E-state index in [9.17, 15) is 4.79 Å². The van der Waals surface area contributed by atoms with Gasteiger partial charge < -0.3 is 5.73 Å². The van der Waals surface area contributed by atoms with E-state index in [1.807, 2.05) is 0 Å². The van der Waals surface area contributed by atoms with Gasteiger partial charge in [-0.15, -0.1) is 0 Å². The van der Waals surface area contributed by atoms with Crippen LogP contribution in [0.15, 0.2) is 12.7 Å². The van der Waals surface area contributed by atoms with Crippen LogP contribution >= 0.6 is 0 Å². The molecule has 0 aromatic rings. The van der Waals surface area contributed by atoms with E-state index in [1.165, 1.54) is 0 Å². The number of carbonyl (C=O) groups is 1. The quantitative estimate of drug-likeness (QED) is 0.213. The lowest BCUT2D eigenvalue weighted by atomic mass is 10.6. The van der Waals surface area contributed by atoms with Gasteiger partial charge in [-0.1, -0.05) is 6.58 Å². The first-order valence-corrected chi connectivity index (χ1v) is 1.52. The van der Waals surface area contributed by atoms with Gasteiger partial charge in [0.2, 0.25) is 5.91 Å². The van der Waals surface area contributed by atoms with Crippen LogP contribution in [0.4, 0.5) is 0 Å². The number of hydrazine groups is 1. The minimum Gasteiger partial charge on any atom is -0.366 e. The van der Waals surface area contributed by atoms with Crippen LogP contribution in [0.2, 0.25) is 0 Å². The number of hydrogen-bond acceptors (Lipinski definition) is 3. The van der Waals surface area contributed by atoms with Crippen molar-refractivity contribution in [1.29, 1.82) is 0 Å². The Bertz CT molecular complexity index is 61.2. The normalized spacial score (nSPS) is 5.43. The number of rotatable bonds is 1. The Morgan fingerprint density at radius 2 is 1.71 bits per heavy atom. The third kappa shape index (κ3) is 39.4. The summed E-state index contributed by atoms with van der Waals surface area (Å²) in [5.74, 6) is 7.52.